The van der Waals surface area contributed by atoms with Gasteiger partial charge in [-0.3, -0.25) is 14.4 Å². The number of aliphatic hydroxyl groups excluding tert-OH is 1. The Balaban J connectivity index is 1.58. The van der Waals surface area contributed by atoms with Crippen molar-refractivity contribution in [2.24, 2.45) is 5.73 Å². The van der Waals surface area contributed by atoms with Gasteiger partial charge in [0.15, 0.2) is 0 Å². The van der Waals surface area contributed by atoms with Crippen molar-refractivity contribution < 1.29 is 34.5 Å². The zero-order valence-electron chi connectivity index (χ0n) is 20.8. The maximum absolute atomic E-state index is 12.8. The van der Waals surface area contributed by atoms with Crippen LogP contribution in [-0.4, -0.2) is 80.5 Å². The Kier molecular flexibility index (Phi) is 10.3. The first-order valence-electron chi connectivity index (χ1n) is 12.1. The third-order valence-electron chi connectivity index (χ3n) is 6.07. The van der Waals surface area contributed by atoms with Crippen LogP contribution in [0.4, 0.5) is 0 Å². The number of carboxylic acid groups (broad SMARTS) is 1. The topological polar surface area (TPSA) is 207 Å². The van der Waals surface area contributed by atoms with E-state index in [0.717, 1.165) is 16.5 Å². The highest BCUT2D eigenvalue weighted by Crippen LogP contribution is 2.19. The van der Waals surface area contributed by atoms with Gasteiger partial charge in [-0.1, -0.05) is 30.3 Å². The number of aliphatic carboxylic acids is 1. The van der Waals surface area contributed by atoms with Gasteiger partial charge in [-0.25, -0.2) is 4.79 Å². The maximum atomic E-state index is 12.8. The van der Waals surface area contributed by atoms with Crippen molar-refractivity contribution in [3.8, 4) is 5.75 Å². The molecule has 0 aliphatic heterocycles. The van der Waals surface area contributed by atoms with Gasteiger partial charge in [-0.15, -0.1) is 0 Å². The standard InChI is InChI=1S/C26H31N5O7S/c27-18(10-15-11-28-19-4-2-1-3-17(15)19)23(34)31-22(13-39)25(36)30-21(12-32)24(35)29-20(26(37)38)9-14-5-7-16(33)8-6-14/h1-8,11,18,20-22,28,32-33,39H,9-10,12-13,27H2,(H,29,35)(H,30,36)(H,31,34)(H,37,38). The Morgan fingerprint density at radius 1 is 0.872 bits per heavy atom. The molecule has 2 aromatic carbocycles. The fourth-order valence-electron chi connectivity index (χ4n) is 3.91. The molecule has 9 N–H and O–H groups in total. The second-order valence-corrected chi connectivity index (χ2v) is 9.29. The number of H-pyrrole nitrogens is 1. The predicted molar refractivity (Wildman–Crippen MR) is 146 cm³/mol. The van der Waals surface area contributed by atoms with Gasteiger partial charge in [0.25, 0.3) is 0 Å². The van der Waals surface area contributed by atoms with Crippen molar-refractivity contribution in [3.63, 3.8) is 0 Å². The van der Waals surface area contributed by atoms with Crippen molar-refractivity contribution in [2.45, 2.75) is 37.0 Å². The molecule has 1 heterocycles. The fraction of sp³-hybridized carbons (Fsp3) is 0.308. The summed E-state index contributed by atoms with van der Waals surface area (Å²) in [5.41, 5.74) is 8.34. The molecule has 12 nitrogen and oxygen atoms in total. The number of phenols is 1. The van der Waals surface area contributed by atoms with Gasteiger partial charge < -0.3 is 42.0 Å². The average molecular weight is 558 g/mol. The minimum Gasteiger partial charge on any atom is -0.508 e. The van der Waals surface area contributed by atoms with E-state index in [1.165, 1.54) is 24.3 Å². The van der Waals surface area contributed by atoms with Crippen molar-refractivity contribution in [1.29, 1.82) is 0 Å². The smallest absolute Gasteiger partial charge is 0.326 e. The van der Waals surface area contributed by atoms with E-state index in [9.17, 15) is 34.5 Å². The molecule has 0 saturated carbocycles. The molecule has 13 heteroatoms. The van der Waals surface area contributed by atoms with E-state index in [0.29, 0.717) is 5.56 Å². The number of fused-ring (bicyclic) bond motifs is 1. The number of aromatic amines is 1. The Bertz CT molecular complexity index is 1310. The first-order chi connectivity index (χ1) is 18.6. The number of aromatic hydroxyl groups is 1. The Hall–Kier alpha value is -4.07. The molecule has 4 atom stereocenters. The maximum Gasteiger partial charge on any atom is 0.326 e. The highest BCUT2D eigenvalue weighted by Gasteiger charge is 2.30. The summed E-state index contributed by atoms with van der Waals surface area (Å²) in [6.07, 6.45) is 1.87. The van der Waals surface area contributed by atoms with E-state index in [1.807, 2.05) is 24.3 Å². The monoisotopic (exact) mass is 557 g/mol. The molecule has 3 amide bonds. The number of carboxylic acids is 1. The van der Waals surface area contributed by atoms with Gasteiger partial charge in [0.05, 0.1) is 12.6 Å². The van der Waals surface area contributed by atoms with Crippen LogP contribution in [0, 0.1) is 0 Å². The summed E-state index contributed by atoms with van der Waals surface area (Å²) in [7, 11) is 0. The lowest BCUT2D eigenvalue weighted by molar-refractivity contribution is -0.142. The van der Waals surface area contributed by atoms with Gasteiger partial charge in [0.1, 0.15) is 23.9 Å². The molecule has 0 aliphatic carbocycles. The van der Waals surface area contributed by atoms with Crippen LogP contribution in [0.2, 0.25) is 0 Å². The number of hydrogen-bond acceptors (Lipinski definition) is 8. The molecule has 0 aliphatic rings. The first-order valence-corrected chi connectivity index (χ1v) is 12.7. The normalized spacial score (nSPS) is 14.1. The summed E-state index contributed by atoms with van der Waals surface area (Å²) in [6.45, 7) is -0.823. The number of benzene rings is 2. The summed E-state index contributed by atoms with van der Waals surface area (Å²) in [5, 5.41) is 36.6. The van der Waals surface area contributed by atoms with Crippen molar-refractivity contribution >= 4 is 47.2 Å². The van der Waals surface area contributed by atoms with Crippen LogP contribution in [0.1, 0.15) is 11.1 Å². The fourth-order valence-corrected chi connectivity index (χ4v) is 4.17. The first kappa shape index (κ1) is 29.5. The SMILES string of the molecule is NC(Cc1c[nH]c2ccccc12)C(=O)NC(CS)C(=O)NC(CO)C(=O)NC(Cc1ccc(O)cc1)C(=O)O. The van der Waals surface area contributed by atoms with Gasteiger partial charge in [0.2, 0.25) is 17.7 Å². The quantitative estimate of drug-likeness (QED) is 0.124. The molecule has 0 saturated heterocycles. The Labute approximate surface area is 229 Å². The number of thiol groups is 1. The summed E-state index contributed by atoms with van der Waals surface area (Å²) in [6, 6.07) is 8.30. The van der Waals surface area contributed by atoms with E-state index >= 15 is 0 Å². The van der Waals surface area contributed by atoms with Crippen molar-refractivity contribution in [2.75, 3.05) is 12.4 Å². The third kappa shape index (κ3) is 7.96. The van der Waals surface area contributed by atoms with Crippen molar-refractivity contribution in [1.82, 2.24) is 20.9 Å². The van der Waals surface area contributed by atoms with E-state index in [4.69, 9.17) is 5.73 Å². The molecule has 3 aromatic rings. The second-order valence-electron chi connectivity index (χ2n) is 8.93. The molecular formula is C26H31N5O7S. The van der Waals surface area contributed by atoms with Crippen LogP contribution in [0.25, 0.3) is 10.9 Å². The zero-order chi connectivity index (χ0) is 28.5. The molecule has 39 heavy (non-hydrogen) atoms. The Morgan fingerprint density at radius 2 is 1.49 bits per heavy atom. The number of hydrogen-bond donors (Lipinski definition) is 9. The number of carbonyl (C=O) groups excluding carboxylic acids is 3. The number of nitrogens with one attached hydrogen (secondary N) is 4. The average Bonchev–Trinajstić information content (AvgIpc) is 3.33. The largest absolute Gasteiger partial charge is 0.508 e. The summed E-state index contributed by atoms with van der Waals surface area (Å²) < 4.78 is 0. The van der Waals surface area contributed by atoms with Gasteiger partial charge in [-0.05, 0) is 35.7 Å². The zero-order valence-corrected chi connectivity index (χ0v) is 21.7. The molecule has 0 spiro atoms. The van der Waals surface area contributed by atoms with Gasteiger partial charge >= 0.3 is 5.97 Å². The number of rotatable bonds is 13. The van der Waals surface area contributed by atoms with Crippen LogP contribution in [0.5, 0.6) is 5.75 Å². The van der Waals surface area contributed by atoms with Crippen LogP contribution in [-0.2, 0) is 32.0 Å². The second kappa shape index (κ2) is 13.6. The lowest BCUT2D eigenvalue weighted by Gasteiger charge is -2.23. The molecule has 0 fully saturated rings. The third-order valence-corrected chi connectivity index (χ3v) is 6.44. The summed E-state index contributed by atoms with van der Waals surface area (Å²) >= 11 is 4.10. The number of phenolic OH excluding ortho intramolecular Hbond substituents is 1. The molecular weight excluding hydrogens is 526 g/mol. The van der Waals surface area contributed by atoms with E-state index in [-0.39, 0.29) is 24.3 Å². The lowest BCUT2D eigenvalue weighted by Crippen LogP contribution is -2.58. The number of aromatic nitrogens is 1. The van der Waals surface area contributed by atoms with Crippen LogP contribution >= 0.6 is 12.6 Å². The van der Waals surface area contributed by atoms with E-state index < -0.39 is 54.5 Å². The molecule has 3 rings (SSSR count). The number of nitrogens with two attached hydrogens (primary N) is 1. The number of aliphatic hydroxyl groups is 1. The molecule has 208 valence electrons. The lowest BCUT2D eigenvalue weighted by atomic mass is 10.0. The van der Waals surface area contributed by atoms with Crippen LogP contribution < -0.4 is 21.7 Å². The van der Waals surface area contributed by atoms with Crippen molar-refractivity contribution in [3.05, 3.63) is 65.9 Å². The van der Waals surface area contributed by atoms with Crippen LogP contribution in [0.15, 0.2) is 54.7 Å². The van der Waals surface area contributed by atoms with Gasteiger partial charge in [-0.2, -0.15) is 12.6 Å². The molecule has 0 radical (unpaired) electrons. The van der Waals surface area contributed by atoms with E-state index in [1.54, 1.807) is 6.20 Å². The predicted octanol–water partition coefficient (Wildman–Crippen LogP) is -0.553. The van der Waals surface area contributed by atoms with Crippen LogP contribution in [0.3, 0.4) is 0 Å². The molecule has 1 aromatic heterocycles. The number of carbonyl (C=O) groups is 4. The van der Waals surface area contributed by atoms with Gasteiger partial charge in [0, 0.05) is 29.3 Å². The molecule has 0 bridgehead atoms. The number of amides is 3. The summed E-state index contributed by atoms with van der Waals surface area (Å²) in [4.78, 5) is 53.0. The highest BCUT2D eigenvalue weighted by atomic mass is 32.1. The summed E-state index contributed by atoms with van der Waals surface area (Å²) in [5.74, 6) is -3.81. The minimum absolute atomic E-state index is 0.00229. The van der Waals surface area contributed by atoms with E-state index in [2.05, 4.69) is 33.6 Å². The Morgan fingerprint density at radius 3 is 2.13 bits per heavy atom. The highest BCUT2D eigenvalue weighted by molar-refractivity contribution is 7.80. The minimum atomic E-state index is -1.49. The molecule has 4 unspecified atom stereocenters. The number of para-hydroxylation sites is 1.